The Labute approximate surface area is 207 Å². The zero-order valence-corrected chi connectivity index (χ0v) is 20.0. The number of thioether (sulfide) groups is 1. The Kier molecular flexibility index (Phi) is 7.91. The number of amides is 1. The van der Waals surface area contributed by atoms with Crippen LogP contribution in [-0.4, -0.2) is 32.6 Å². The topological polar surface area (TPSA) is 72.2 Å². The fourth-order valence-electron chi connectivity index (χ4n) is 3.14. The molecule has 34 heavy (non-hydrogen) atoms. The minimum absolute atomic E-state index is 0.121. The van der Waals surface area contributed by atoms with E-state index in [4.69, 9.17) is 11.6 Å². The number of halogens is 1. The van der Waals surface area contributed by atoms with Gasteiger partial charge in [-0.1, -0.05) is 102 Å². The first-order valence-electron chi connectivity index (χ1n) is 10.5. The minimum Gasteiger partial charge on any atom is -0.272 e. The Morgan fingerprint density at radius 1 is 1.00 bits per heavy atom. The van der Waals surface area contributed by atoms with E-state index in [-0.39, 0.29) is 11.7 Å². The Morgan fingerprint density at radius 2 is 1.68 bits per heavy atom. The van der Waals surface area contributed by atoms with Crippen molar-refractivity contribution < 1.29 is 4.79 Å². The molecule has 0 aliphatic carbocycles. The second kappa shape index (κ2) is 11.4. The molecule has 1 heterocycles. The Balaban J connectivity index is 1.45. The number of benzene rings is 3. The number of hydrazone groups is 1. The summed E-state index contributed by atoms with van der Waals surface area (Å²) in [5.74, 6) is 0.559. The van der Waals surface area contributed by atoms with Gasteiger partial charge in [0.25, 0.3) is 5.91 Å². The molecule has 0 atom stereocenters. The lowest BCUT2D eigenvalue weighted by Crippen LogP contribution is -2.19. The van der Waals surface area contributed by atoms with Gasteiger partial charge < -0.3 is 0 Å². The highest BCUT2D eigenvalue weighted by molar-refractivity contribution is 7.99. The molecule has 0 saturated carbocycles. The van der Waals surface area contributed by atoms with Crippen LogP contribution in [0.2, 0.25) is 0 Å². The van der Waals surface area contributed by atoms with Gasteiger partial charge in [-0.25, -0.2) is 5.43 Å². The summed E-state index contributed by atoms with van der Waals surface area (Å²) in [6.45, 7) is 2.04. The third-order valence-corrected chi connectivity index (χ3v) is 5.91. The minimum atomic E-state index is -0.273. The van der Waals surface area contributed by atoms with E-state index in [9.17, 15) is 4.79 Å². The first-order valence-corrected chi connectivity index (χ1v) is 11.9. The molecule has 1 aromatic heterocycles. The van der Waals surface area contributed by atoms with Crippen molar-refractivity contribution in [2.45, 2.75) is 12.1 Å². The zero-order valence-electron chi connectivity index (χ0n) is 18.4. The summed E-state index contributed by atoms with van der Waals surface area (Å²) < 4.78 is 1.95. The highest BCUT2D eigenvalue weighted by Crippen LogP contribution is 2.28. The molecular formula is C26H22ClN5OS. The van der Waals surface area contributed by atoms with Gasteiger partial charge in [0.15, 0.2) is 11.0 Å². The second-order valence-corrected chi connectivity index (χ2v) is 8.74. The number of allylic oxidation sites excluding steroid dienone is 1. The molecule has 1 amide bonds. The van der Waals surface area contributed by atoms with Crippen LogP contribution >= 0.6 is 23.4 Å². The number of hydrogen-bond donors (Lipinski definition) is 1. The largest absolute Gasteiger partial charge is 0.272 e. The van der Waals surface area contributed by atoms with Gasteiger partial charge in [-0.2, -0.15) is 5.10 Å². The molecule has 1 N–H and O–H groups in total. The number of aryl methyl sites for hydroxylation is 1. The number of rotatable bonds is 8. The molecule has 0 saturated heterocycles. The number of carbonyl (C=O) groups excluding carboxylic acids is 1. The van der Waals surface area contributed by atoms with Crippen molar-refractivity contribution in [3.8, 4) is 17.1 Å². The normalized spacial score (nSPS) is 11.6. The Bertz CT molecular complexity index is 1300. The molecule has 3 aromatic carbocycles. The number of hydrogen-bond acceptors (Lipinski definition) is 5. The van der Waals surface area contributed by atoms with Crippen molar-refractivity contribution in [2.24, 2.45) is 5.10 Å². The van der Waals surface area contributed by atoms with Crippen LogP contribution < -0.4 is 5.43 Å². The van der Waals surface area contributed by atoms with Crippen molar-refractivity contribution in [1.82, 2.24) is 20.2 Å². The third kappa shape index (κ3) is 6.21. The van der Waals surface area contributed by atoms with Gasteiger partial charge in [0, 0.05) is 11.3 Å². The van der Waals surface area contributed by atoms with Gasteiger partial charge in [0.2, 0.25) is 0 Å². The quantitative estimate of drug-likeness (QED) is 0.196. The zero-order chi connectivity index (χ0) is 23.8. The molecule has 4 aromatic rings. The van der Waals surface area contributed by atoms with Crippen molar-refractivity contribution >= 4 is 41.6 Å². The van der Waals surface area contributed by atoms with E-state index in [0.29, 0.717) is 16.0 Å². The highest BCUT2D eigenvalue weighted by Gasteiger charge is 2.17. The van der Waals surface area contributed by atoms with Gasteiger partial charge >= 0.3 is 0 Å². The molecule has 0 radical (unpaired) electrons. The summed E-state index contributed by atoms with van der Waals surface area (Å²) in [4.78, 5) is 12.4. The van der Waals surface area contributed by atoms with Gasteiger partial charge in [-0.3, -0.25) is 9.36 Å². The number of aromatic nitrogens is 3. The molecule has 170 valence electrons. The van der Waals surface area contributed by atoms with E-state index in [1.807, 2.05) is 96.4 Å². The number of nitrogens with zero attached hydrogens (tertiary/aromatic N) is 4. The van der Waals surface area contributed by atoms with Crippen molar-refractivity contribution in [2.75, 3.05) is 5.75 Å². The standard InChI is InChI=1S/C26H22ClN5OS/c1-19-12-14-23(15-13-19)32-25(21-10-6-3-7-11-21)30-31-26(32)34-18-24(33)29-28-17-22(27)16-20-8-4-2-5-9-20/h2-17H,18H2,1H3,(H,29,33)/b22-16-,28-17+. The summed E-state index contributed by atoms with van der Waals surface area (Å²) in [5, 5.41) is 13.7. The van der Waals surface area contributed by atoms with Gasteiger partial charge in [-0.15, -0.1) is 10.2 Å². The van der Waals surface area contributed by atoms with Crippen LogP contribution in [0.1, 0.15) is 11.1 Å². The predicted octanol–water partition coefficient (Wildman–Crippen LogP) is 5.72. The first kappa shape index (κ1) is 23.5. The smallest absolute Gasteiger partial charge is 0.250 e. The predicted molar refractivity (Wildman–Crippen MR) is 139 cm³/mol. The number of carbonyl (C=O) groups is 1. The molecule has 4 rings (SSSR count). The first-order chi connectivity index (χ1) is 16.6. The van der Waals surface area contributed by atoms with E-state index < -0.39 is 0 Å². The molecule has 0 bridgehead atoms. The van der Waals surface area contributed by atoms with Crippen LogP contribution in [0.15, 0.2) is 100 Å². The SMILES string of the molecule is Cc1ccc(-n2c(SCC(=O)N/N=C/C(Cl)=C/c3ccccc3)nnc2-c2ccccc2)cc1. The van der Waals surface area contributed by atoms with Crippen LogP contribution in [0, 0.1) is 6.92 Å². The molecule has 8 heteroatoms. The van der Waals surface area contributed by atoms with Crippen LogP contribution in [-0.2, 0) is 4.79 Å². The van der Waals surface area contributed by atoms with Crippen molar-refractivity contribution in [1.29, 1.82) is 0 Å². The Morgan fingerprint density at radius 3 is 2.38 bits per heavy atom. The third-order valence-electron chi connectivity index (χ3n) is 4.77. The molecule has 0 unspecified atom stereocenters. The average molecular weight is 488 g/mol. The van der Waals surface area contributed by atoms with E-state index in [1.165, 1.54) is 18.0 Å². The fourth-order valence-corrected chi connectivity index (χ4v) is 4.06. The van der Waals surface area contributed by atoms with Crippen molar-refractivity contribution in [3.63, 3.8) is 0 Å². The lowest BCUT2D eigenvalue weighted by molar-refractivity contribution is -0.118. The molecular weight excluding hydrogens is 466 g/mol. The van der Waals surface area contributed by atoms with Crippen LogP contribution in [0.3, 0.4) is 0 Å². The lowest BCUT2D eigenvalue weighted by atomic mass is 10.2. The molecule has 6 nitrogen and oxygen atoms in total. The highest BCUT2D eigenvalue weighted by atomic mass is 35.5. The maximum absolute atomic E-state index is 12.4. The monoisotopic (exact) mass is 487 g/mol. The van der Waals surface area contributed by atoms with Gasteiger partial charge in [0.05, 0.1) is 17.0 Å². The molecule has 0 aliphatic heterocycles. The summed E-state index contributed by atoms with van der Waals surface area (Å²) in [7, 11) is 0. The van der Waals surface area contributed by atoms with Crippen LogP contribution in [0.4, 0.5) is 0 Å². The van der Waals surface area contributed by atoms with E-state index >= 15 is 0 Å². The summed E-state index contributed by atoms with van der Waals surface area (Å²) >= 11 is 7.45. The van der Waals surface area contributed by atoms with Gasteiger partial charge in [0.1, 0.15) is 0 Å². The van der Waals surface area contributed by atoms with E-state index in [2.05, 4.69) is 20.7 Å². The van der Waals surface area contributed by atoms with Crippen molar-refractivity contribution in [3.05, 3.63) is 101 Å². The van der Waals surface area contributed by atoms with E-state index in [1.54, 1.807) is 6.08 Å². The van der Waals surface area contributed by atoms with Crippen LogP contribution in [0.5, 0.6) is 0 Å². The Hall–Kier alpha value is -3.68. The maximum Gasteiger partial charge on any atom is 0.250 e. The van der Waals surface area contributed by atoms with Gasteiger partial charge in [-0.05, 0) is 30.7 Å². The summed E-state index contributed by atoms with van der Waals surface area (Å²) in [6.07, 6.45) is 3.17. The van der Waals surface area contributed by atoms with E-state index in [0.717, 1.165) is 22.4 Å². The van der Waals surface area contributed by atoms with Crippen LogP contribution in [0.25, 0.3) is 23.2 Å². The molecule has 0 fully saturated rings. The number of nitrogens with one attached hydrogen (secondary N) is 1. The molecule has 0 spiro atoms. The summed E-state index contributed by atoms with van der Waals surface area (Å²) in [5.41, 5.74) is 6.47. The fraction of sp³-hybridized carbons (Fsp3) is 0.0769. The lowest BCUT2D eigenvalue weighted by Gasteiger charge is -2.10. The second-order valence-electron chi connectivity index (χ2n) is 7.36. The maximum atomic E-state index is 12.4. The molecule has 0 aliphatic rings. The summed E-state index contributed by atoms with van der Waals surface area (Å²) in [6, 6.07) is 27.6. The average Bonchev–Trinajstić information content (AvgIpc) is 3.28.